The Morgan fingerprint density at radius 1 is 1.44 bits per heavy atom. The Hall–Kier alpha value is -1.75. The van der Waals surface area contributed by atoms with Crippen LogP contribution in [0.4, 0.5) is 10.2 Å². The van der Waals surface area contributed by atoms with E-state index in [1.54, 1.807) is 26.1 Å². The van der Waals surface area contributed by atoms with E-state index in [4.69, 9.17) is 22.1 Å². The molecule has 0 spiro atoms. The lowest BCUT2D eigenvalue weighted by molar-refractivity contribution is 0.387. The van der Waals surface area contributed by atoms with E-state index in [2.05, 4.69) is 5.10 Å². The zero-order valence-electron chi connectivity index (χ0n) is 10.3. The summed E-state index contributed by atoms with van der Waals surface area (Å²) in [6, 6.07) is 3.23. The molecule has 0 saturated heterocycles. The summed E-state index contributed by atoms with van der Waals surface area (Å²) >= 11 is 5.98. The molecule has 0 unspecified atom stereocenters. The van der Waals surface area contributed by atoms with Gasteiger partial charge >= 0.3 is 0 Å². The number of anilines is 1. The molecule has 0 aliphatic rings. The number of hydrogen-bond acceptors (Lipinski definition) is 3. The van der Waals surface area contributed by atoms with Gasteiger partial charge in [0.1, 0.15) is 5.82 Å². The van der Waals surface area contributed by atoms with E-state index in [0.29, 0.717) is 22.6 Å². The molecule has 96 valence electrons. The Bertz CT molecular complexity index is 590. The van der Waals surface area contributed by atoms with Crippen molar-refractivity contribution in [2.45, 2.75) is 6.92 Å². The van der Waals surface area contributed by atoms with Gasteiger partial charge in [0.25, 0.3) is 0 Å². The van der Waals surface area contributed by atoms with Crippen LogP contribution in [0.3, 0.4) is 0 Å². The minimum atomic E-state index is -0.536. The van der Waals surface area contributed by atoms with Gasteiger partial charge in [-0.1, -0.05) is 11.6 Å². The van der Waals surface area contributed by atoms with E-state index in [9.17, 15) is 4.39 Å². The average Bonchev–Trinajstić information content (AvgIpc) is 2.65. The third kappa shape index (κ3) is 1.90. The summed E-state index contributed by atoms with van der Waals surface area (Å²) in [5, 5.41) is 4.41. The van der Waals surface area contributed by atoms with Gasteiger partial charge in [-0.3, -0.25) is 4.68 Å². The Kier molecular flexibility index (Phi) is 3.17. The molecule has 18 heavy (non-hydrogen) atoms. The molecule has 6 heteroatoms. The van der Waals surface area contributed by atoms with Crippen LogP contribution in [0, 0.1) is 12.7 Å². The highest BCUT2D eigenvalue weighted by Gasteiger charge is 2.19. The summed E-state index contributed by atoms with van der Waals surface area (Å²) in [7, 11) is 3.07. The van der Waals surface area contributed by atoms with Crippen LogP contribution in [0.25, 0.3) is 11.3 Å². The third-order valence-corrected chi connectivity index (χ3v) is 3.21. The highest BCUT2D eigenvalue weighted by Crippen LogP contribution is 2.37. The van der Waals surface area contributed by atoms with E-state index in [1.807, 2.05) is 0 Å². The van der Waals surface area contributed by atoms with Gasteiger partial charge in [-0.25, -0.2) is 4.39 Å². The Balaban J connectivity index is 2.68. The van der Waals surface area contributed by atoms with Gasteiger partial charge in [-0.15, -0.1) is 0 Å². The zero-order valence-corrected chi connectivity index (χ0v) is 11.0. The van der Waals surface area contributed by atoms with Crippen LogP contribution < -0.4 is 10.5 Å². The fraction of sp³-hybridized carbons (Fsp3) is 0.250. The molecule has 0 aliphatic heterocycles. The average molecular weight is 270 g/mol. The Labute approximate surface area is 109 Å². The minimum Gasteiger partial charge on any atom is -0.492 e. The molecule has 0 fully saturated rings. The van der Waals surface area contributed by atoms with Crippen molar-refractivity contribution in [1.29, 1.82) is 0 Å². The number of methoxy groups -OCH3 is 1. The lowest BCUT2D eigenvalue weighted by Gasteiger charge is -2.10. The molecule has 0 bridgehead atoms. The fourth-order valence-corrected chi connectivity index (χ4v) is 1.93. The van der Waals surface area contributed by atoms with E-state index in [0.717, 1.165) is 0 Å². The first-order valence-electron chi connectivity index (χ1n) is 5.28. The summed E-state index contributed by atoms with van der Waals surface area (Å²) in [6.45, 7) is 1.78. The molecule has 2 N–H and O–H groups in total. The van der Waals surface area contributed by atoms with Crippen molar-refractivity contribution in [3.63, 3.8) is 0 Å². The number of nitrogen functional groups attached to an aromatic ring is 1. The number of nitrogens with two attached hydrogens (primary N) is 1. The first kappa shape index (κ1) is 12.7. The SMILES string of the molecule is COc1c(F)c(-c2cc(N)n(C)n2)cc(C)c1Cl. The van der Waals surface area contributed by atoms with E-state index < -0.39 is 5.82 Å². The maximum atomic E-state index is 14.2. The van der Waals surface area contributed by atoms with Gasteiger partial charge in [0.2, 0.25) is 0 Å². The molecule has 4 nitrogen and oxygen atoms in total. The molecular weight excluding hydrogens is 257 g/mol. The van der Waals surface area contributed by atoms with Crippen molar-refractivity contribution in [3.8, 4) is 17.0 Å². The van der Waals surface area contributed by atoms with Crippen LogP contribution in [0.5, 0.6) is 5.75 Å². The number of ether oxygens (including phenoxy) is 1. The Morgan fingerprint density at radius 3 is 2.61 bits per heavy atom. The molecule has 1 aromatic carbocycles. The quantitative estimate of drug-likeness (QED) is 0.912. The summed E-state index contributed by atoms with van der Waals surface area (Å²) in [6.07, 6.45) is 0. The fourth-order valence-electron chi connectivity index (χ4n) is 1.72. The molecule has 0 aliphatic carbocycles. The van der Waals surface area contributed by atoms with Gasteiger partial charge in [0, 0.05) is 18.7 Å². The summed E-state index contributed by atoms with van der Waals surface area (Å²) in [5.41, 5.74) is 7.17. The van der Waals surface area contributed by atoms with Crippen molar-refractivity contribution >= 4 is 17.4 Å². The van der Waals surface area contributed by atoms with Gasteiger partial charge in [-0.05, 0) is 18.6 Å². The minimum absolute atomic E-state index is 0.0240. The van der Waals surface area contributed by atoms with Crippen molar-refractivity contribution in [1.82, 2.24) is 9.78 Å². The van der Waals surface area contributed by atoms with Crippen molar-refractivity contribution in [2.24, 2.45) is 7.05 Å². The zero-order chi connectivity index (χ0) is 13.4. The Morgan fingerprint density at radius 2 is 2.11 bits per heavy atom. The molecule has 2 aromatic rings. The van der Waals surface area contributed by atoms with Gasteiger partial charge in [0.05, 0.1) is 17.8 Å². The molecule has 0 saturated carbocycles. The second-order valence-corrected chi connectivity index (χ2v) is 4.36. The molecule has 0 radical (unpaired) electrons. The van der Waals surface area contributed by atoms with Crippen LogP contribution in [-0.2, 0) is 7.05 Å². The monoisotopic (exact) mass is 269 g/mol. The van der Waals surface area contributed by atoms with E-state index in [1.165, 1.54) is 11.8 Å². The van der Waals surface area contributed by atoms with Crippen LogP contribution in [0.1, 0.15) is 5.56 Å². The van der Waals surface area contributed by atoms with Gasteiger partial charge in [0.15, 0.2) is 11.6 Å². The summed E-state index contributed by atoms with van der Waals surface area (Å²) in [5.74, 6) is -0.0574. The topological polar surface area (TPSA) is 53.1 Å². The number of benzene rings is 1. The smallest absolute Gasteiger partial charge is 0.176 e. The molecule has 2 rings (SSSR count). The molecule has 0 atom stereocenters. The molecule has 0 amide bonds. The van der Waals surface area contributed by atoms with Crippen LogP contribution in [-0.4, -0.2) is 16.9 Å². The number of hydrogen-bond donors (Lipinski definition) is 1. The number of nitrogens with zero attached hydrogens (tertiary/aromatic N) is 2. The van der Waals surface area contributed by atoms with Gasteiger partial charge in [-0.2, -0.15) is 5.10 Å². The number of aromatic nitrogens is 2. The lowest BCUT2D eigenvalue weighted by atomic mass is 10.1. The highest BCUT2D eigenvalue weighted by molar-refractivity contribution is 6.33. The van der Waals surface area contributed by atoms with E-state index >= 15 is 0 Å². The standard InChI is InChI=1S/C12H13ClFN3O/c1-6-4-7(8-5-9(15)17(2)16-8)11(14)12(18-3)10(6)13/h4-5H,15H2,1-3H3. The third-order valence-electron chi connectivity index (χ3n) is 2.74. The summed E-state index contributed by atoms with van der Waals surface area (Å²) in [4.78, 5) is 0. The number of rotatable bonds is 2. The first-order chi connectivity index (χ1) is 8.45. The van der Waals surface area contributed by atoms with Crippen LogP contribution in [0.15, 0.2) is 12.1 Å². The van der Waals surface area contributed by atoms with E-state index in [-0.39, 0.29) is 10.8 Å². The molecule has 1 heterocycles. The number of halogens is 2. The van der Waals surface area contributed by atoms with Crippen LogP contribution in [0.2, 0.25) is 5.02 Å². The predicted octanol–water partition coefficient (Wildman–Crippen LogP) is 2.78. The normalized spacial score (nSPS) is 10.7. The van der Waals surface area contributed by atoms with Crippen molar-refractivity contribution < 1.29 is 9.13 Å². The highest BCUT2D eigenvalue weighted by atomic mass is 35.5. The maximum Gasteiger partial charge on any atom is 0.176 e. The second kappa shape index (κ2) is 4.49. The molecular formula is C12H13ClFN3O. The second-order valence-electron chi connectivity index (χ2n) is 3.98. The van der Waals surface area contributed by atoms with Crippen LogP contribution >= 0.6 is 11.6 Å². The van der Waals surface area contributed by atoms with Gasteiger partial charge < -0.3 is 10.5 Å². The first-order valence-corrected chi connectivity index (χ1v) is 5.66. The maximum absolute atomic E-state index is 14.2. The number of aryl methyl sites for hydroxylation is 2. The molecule has 1 aromatic heterocycles. The summed E-state index contributed by atoms with van der Waals surface area (Å²) < 4.78 is 20.7. The predicted molar refractivity (Wildman–Crippen MR) is 69.3 cm³/mol. The van der Waals surface area contributed by atoms with Crippen molar-refractivity contribution in [2.75, 3.05) is 12.8 Å². The van der Waals surface area contributed by atoms with Crippen molar-refractivity contribution in [3.05, 3.63) is 28.5 Å². The largest absolute Gasteiger partial charge is 0.492 e. The lowest BCUT2D eigenvalue weighted by Crippen LogP contribution is -1.98.